The van der Waals surface area contributed by atoms with Gasteiger partial charge in [0, 0.05) is 16.3 Å². The van der Waals surface area contributed by atoms with Crippen LogP contribution in [0.5, 0.6) is 0 Å². The molecule has 0 aliphatic heterocycles. The van der Waals surface area contributed by atoms with Crippen molar-refractivity contribution in [3.05, 3.63) is 33.3 Å². The lowest BCUT2D eigenvalue weighted by Crippen LogP contribution is -2.23. The molecule has 0 fully saturated rings. The van der Waals surface area contributed by atoms with Crippen LogP contribution >= 0.6 is 27.5 Å². The van der Waals surface area contributed by atoms with E-state index in [1.807, 2.05) is 18.2 Å². The van der Waals surface area contributed by atoms with Gasteiger partial charge in [0.15, 0.2) is 0 Å². The molecule has 0 saturated heterocycles. The van der Waals surface area contributed by atoms with Crippen LogP contribution in [-0.4, -0.2) is 26.5 Å². The summed E-state index contributed by atoms with van der Waals surface area (Å²) in [5, 5.41) is 4.15. The number of hydrogen-bond donors (Lipinski definition) is 1. The summed E-state index contributed by atoms with van der Waals surface area (Å²) in [4.78, 5) is 0. The third-order valence-electron chi connectivity index (χ3n) is 3.37. The number of sulfone groups is 1. The van der Waals surface area contributed by atoms with E-state index in [9.17, 15) is 8.42 Å². The average Bonchev–Trinajstić information content (AvgIpc) is 2.45. The standard InChI is InChI=1S/C15H23BrClNO2S/c1-3-9-18-15(6-5-10-21(19,20)4-2)12-7-8-13(16)14(17)11-12/h7-8,11,15,18H,3-6,9-10H2,1-2H3. The van der Waals surface area contributed by atoms with Crippen LogP contribution < -0.4 is 5.32 Å². The number of nitrogens with one attached hydrogen (secondary N) is 1. The largest absolute Gasteiger partial charge is 0.310 e. The van der Waals surface area contributed by atoms with Gasteiger partial charge in [0.2, 0.25) is 0 Å². The third-order valence-corrected chi connectivity index (χ3v) is 6.40. The van der Waals surface area contributed by atoms with Gasteiger partial charge in [0.1, 0.15) is 9.84 Å². The summed E-state index contributed by atoms with van der Waals surface area (Å²) in [5.74, 6) is 0.461. The molecule has 0 aliphatic rings. The van der Waals surface area contributed by atoms with Crippen LogP contribution in [-0.2, 0) is 9.84 Å². The van der Waals surface area contributed by atoms with Crippen molar-refractivity contribution in [2.75, 3.05) is 18.1 Å². The molecule has 0 bridgehead atoms. The summed E-state index contributed by atoms with van der Waals surface area (Å²) < 4.78 is 24.0. The lowest BCUT2D eigenvalue weighted by Gasteiger charge is -2.19. The summed E-state index contributed by atoms with van der Waals surface area (Å²) in [6, 6.07) is 6.04. The van der Waals surface area contributed by atoms with Gasteiger partial charge in [-0.2, -0.15) is 0 Å². The Morgan fingerprint density at radius 1 is 1.33 bits per heavy atom. The van der Waals surface area contributed by atoms with Crippen molar-refractivity contribution in [3.63, 3.8) is 0 Å². The summed E-state index contributed by atoms with van der Waals surface area (Å²) in [6.07, 6.45) is 2.48. The van der Waals surface area contributed by atoms with E-state index in [0.29, 0.717) is 11.4 Å². The molecule has 0 radical (unpaired) electrons. The van der Waals surface area contributed by atoms with Gasteiger partial charge in [0.25, 0.3) is 0 Å². The van der Waals surface area contributed by atoms with Crippen molar-refractivity contribution >= 4 is 37.4 Å². The minimum Gasteiger partial charge on any atom is -0.310 e. The van der Waals surface area contributed by atoms with Crippen LogP contribution in [0.15, 0.2) is 22.7 Å². The molecule has 1 atom stereocenters. The topological polar surface area (TPSA) is 46.2 Å². The Morgan fingerprint density at radius 2 is 2.05 bits per heavy atom. The predicted octanol–water partition coefficient (Wildman–Crippen LogP) is 4.36. The minimum atomic E-state index is -2.89. The summed E-state index contributed by atoms with van der Waals surface area (Å²) >= 11 is 9.54. The van der Waals surface area contributed by atoms with E-state index in [0.717, 1.165) is 29.4 Å². The quantitative estimate of drug-likeness (QED) is 0.674. The first-order valence-corrected chi connectivity index (χ1v) is 10.3. The normalized spacial score (nSPS) is 13.3. The van der Waals surface area contributed by atoms with Crippen molar-refractivity contribution in [1.82, 2.24) is 5.32 Å². The number of rotatable bonds is 9. The molecule has 6 heteroatoms. The molecule has 0 spiro atoms. The van der Waals surface area contributed by atoms with E-state index in [1.54, 1.807) is 6.92 Å². The highest BCUT2D eigenvalue weighted by Gasteiger charge is 2.14. The lowest BCUT2D eigenvalue weighted by atomic mass is 10.0. The van der Waals surface area contributed by atoms with Crippen LogP contribution in [0, 0.1) is 0 Å². The van der Waals surface area contributed by atoms with Crippen molar-refractivity contribution < 1.29 is 8.42 Å². The fourth-order valence-corrected chi connectivity index (χ4v) is 3.42. The first-order valence-electron chi connectivity index (χ1n) is 7.28. The van der Waals surface area contributed by atoms with E-state index < -0.39 is 9.84 Å². The number of halogens is 2. The predicted molar refractivity (Wildman–Crippen MR) is 93.7 cm³/mol. The van der Waals surface area contributed by atoms with Gasteiger partial charge in [-0.3, -0.25) is 0 Å². The van der Waals surface area contributed by atoms with Crippen LogP contribution in [0.3, 0.4) is 0 Å². The average molecular weight is 397 g/mol. The molecule has 21 heavy (non-hydrogen) atoms. The monoisotopic (exact) mass is 395 g/mol. The zero-order valence-corrected chi connectivity index (χ0v) is 15.7. The molecule has 1 N–H and O–H groups in total. The molecule has 0 aromatic heterocycles. The van der Waals surface area contributed by atoms with E-state index in [1.165, 1.54) is 0 Å². The first kappa shape index (κ1) is 18.9. The van der Waals surface area contributed by atoms with Gasteiger partial charge >= 0.3 is 0 Å². The maximum absolute atomic E-state index is 11.6. The highest BCUT2D eigenvalue weighted by atomic mass is 79.9. The van der Waals surface area contributed by atoms with Crippen LogP contribution in [0.2, 0.25) is 5.02 Å². The summed E-state index contributed by atoms with van der Waals surface area (Å²) in [7, 11) is -2.89. The Hall–Kier alpha value is -0.100. The smallest absolute Gasteiger partial charge is 0.150 e. The fraction of sp³-hybridized carbons (Fsp3) is 0.600. The van der Waals surface area contributed by atoms with Crippen molar-refractivity contribution in [3.8, 4) is 0 Å². The van der Waals surface area contributed by atoms with Gasteiger partial charge in [-0.25, -0.2) is 8.42 Å². The Kier molecular flexibility index (Phi) is 8.24. The molecule has 0 saturated carbocycles. The van der Waals surface area contributed by atoms with E-state index in [4.69, 9.17) is 11.6 Å². The maximum atomic E-state index is 11.6. The van der Waals surface area contributed by atoms with Gasteiger partial charge in [-0.05, 0) is 59.4 Å². The fourth-order valence-electron chi connectivity index (χ4n) is 2.09. The van der Waals surface area contributed by atoms with Crippen molar-refractivity contribution in [2.45, 2.75) is 39.2 Å². The minimum absolute atomic E-state index is 0.141. The van der Waals surface area contributed by atoms with Gasteiger partial charge < -0.3 is 5.32 Å². The Bertz CT molecular complexity index is 549. The third kappa shape index (κ3) is 6.68. The van der Waals surface area contributed by atoms with E-state index >= 15 is 0 Å². The Labute approximate surface area is 141 Å². The molecule has 1 aromatic carbocycles. The molecular weight excluding hydrogens is 374 g/mol. The van der Waals surface area contributed by atoms with Gasteiger partial charge in [-0.15, -0.1) is 0 Å². The van der Waals surface area contributed by atoms with E-state index in [-0.39, 0.29) is 17.5 Å². The van der Waals surface area contributed by atoms with Gasteiger partial charge in [-0.1, -0.05) is 31.5 Å². The van der Waals surface area contributed by atoms with Crippen molar-refractivity contribution in [1.29, 1.82) is 0 Å². The summed E-state index contributed by atoms with van der Waals surface area (Å²) in [6.45, 7) is 4.70. The Balaban J connectivity index is 2.73. The second-order valence-electron chi connectivity index (χ2n) is 5.06. The second-order valence-corrected chi connectivity index (χ2v) is 8.79. The molecule has 1 aromatic rings. The molecule has 0 amide bonds. The SMILES string of the molecule is CCCNC(CCCS(=O)(=O)CC)c1ccc(Br)c(Cl)c1. The summed E-state index contributed by atoms with van der Waals surface area (Å²) in [5.41, 5.74) is 1.10. The lowest BCUT2D eigenvalue weighted by molar-refractivity contribution is 0.492. The molecular formula is C15H23BrClNO2S. The highest BCUT2D eigenvalue weighted by Crippen LogP contribution is 2.28. The number of benzene rings is 1. The first-order chi connectivity index (χ1) is 9.89. The molecule has 1 rings (SSSR count). The molecule has 0 aliphatic carbocycles. The molecule has 0 heterocycles. The molecule has 3 nitrogen and oxygen atoms in total. The van der Waals surface area contributed by atoms with Crippen LogP contribution in [0.25, 0.3) is 0 Å². The highest BCUT2D eigenvalue weighted by molar-refractivity contribution is 9.10. The Morgan fingerprint density at radius 3 is 2.62 bits per heavy atom. The van der Waals surface area contributed by atoms with Crippen molar-refractivity contribution in [2.24, 2.45) is 0 Å². The van der Waals surface area contributed by atoms with Gasteiger partial charge in [0.05, 0.1) is 10.8 Å². The number of hydrogen-bond acceptors (Lipinski definition) is 3. The van der Waals surface area contributed by atoms with Crippen LogP contribution in [0.4, 0.5) is 0 Å². The second kappa shape index (κ2) is 9.13. The zero-order valence-electron chi connectivity index (χ0n) is 12.5. The molecule has 120 valence electrons. The van der Waals surface area contributed by atoms with Crippen LogP contribution in [0.1, 0.15) is 44.7 Å². The zero-order chi connectivity index (χ0) is 15.9. The van der Waals surface area contributed by atoms with E-state index in [2.05, 4.69) is 28.2 Å². The molecule has 1 unspecified atom stereocenters. The maximum Gasteiger partial charge on any atom is 0.150 e.